The molecule has 0 saturated carbocycles. The molecule has 1 rings (SSSR count). The summed E-state index contributed by atoms with van der Waals surface area (Å²) in [6.07, 6.45) is 1.21. The first kappa shape index (κ1) is 19.2. The van der Waals surface area contributed by atoms with Crippen molar-refractivity contribution in [1.82, 2.24) is 0 Å². The Labute approximate surface area is 133 Å². The maximum atomic E-state index is 12.0. The van der Waals surface area contributed by atoms with E-state index in [1.165, 1.54) is 6.08 Å². The van der Waals surface area contributed by atoms with Gasteiger partial charge in [0, 0.05) is 6.42 Å². The lowest BCUT2D eigenvalue weighted by Crippen LogP contribution is -2.25. The highest BCUT2D eigenvalue weighted by molar-refractivity contribution is 5.97. The lowest BCUT2D eigenvalue weighted by Gasteiger charge is -2.32. The van der Waals surface area contributed by atoms with Gasteiger partial charge in [-0.2, -0.15) is 13.2 Å². The molecule has 0 N–H and O–H groups in total. The van der Waals surface area contributed by atoms with E-state index >= 15 is 0 Å². The van der Waals surface area contributed by atoms with Crippen LogP contribution in [0.4, 0.5) is 13.2 Å². The van der Waals surface area contributed by atoms with Gasteiger partial charge in [0.1, 0.15) is 6.61 Å². The first-order chi connectivity index (χ1) is 10.4. The van der Waals surface area contributed by atoms with Crippen LogP contribution in [0, 0.1) is 5.41 Å². The Bertz CT molecular complexity index is 578. The van der Waals surface area contributed by atoms with Crippen LogP contribution in [0.5, 0.6) is 0 Å². The molecule has 3 nitrogen and oxygen atoms in total. The molecule has 6 heteroatoms. The summed E-state index contributed by atoms with van der Waals surface area (Å²) < 4.78 is 40.1. The van der Waals surface area contributed by atoms with E-state index in [4.69, 9.17) is 0 Å². The summed E-state index contributed by atoms with van der Waals surface area (Å²) in [5.41, 5.74) is 2.16. The van der Waals surface area contributed by atoms with Crippen molar-refractivity contribution in [1.29, 1.82) is 0 Å². The van der Waals surface area contributed by atoms with Crippen LogP contribution < -0.4 is 0 Å². The third-order valence-electron chi connectivity index (χ3n) is 3.89. The van der Waals surface area contributed by atoms with Crippen molar-refractivity contribution < 1.29 is 27.5 Å². The van der Waals surface area contributed by atoms with Gasteiger partial charge in [-0.3, -0.25) is 4.79 Å². The van der Waals surface area contributed by atoms with Gasteiger partial charge < -0.3 is 4.74 Å². The summed E-state index contributed by atoms with van der Waals surface area (Å²) in [5.74, 6) is -2.09. The fourth-order valence-corrected chi connectivity index (χ4v) is 2.37. The van der Waals surface area contributed by atoms with Gasteiger partial charge in [0.2, 0.25) is 0 Å². The maximum absolute atomic E-state index is 12.0. The van der Waals surface area contributed by atoms with Crippen molar-refractivity contribution in [2.75, 3.05) is 6.61 Å². The molecule has 0 fully saturated rings. The van der Waals surface area contributed by atoms with E-state index in [-0.39, 0.29) is 11.2 Å². The normalized spacial score (nSPS) is 19.4. The molecule has 0 amide bonds. The zero-order valence-corrected chi connectivity index (χ0v) is 13.7. The van der Waals surface area contributed by atoms with E-state index in [0.29, 0.717) is 17.6 Å². The molecule has 0 aromatic heterocycles. The summed E-state index contributed by atoms with van der Waals surface area (Å²) in [6.45, 7) is 7.12. The summed E-state index contributed by atoms with van der Waals surface area (Å²) in [6, 6.07) is 0. The molecule has 0 aromatic carbocycles. The van der Waals surface area contributed by atoms with E-state index in [0.717, 1.165) is 12.0 Å². The van der Waals surface area contributed by atoms with Gasteiger partial charge >= 0.3 is 12.1 Å². The zero-order chi connectivity index (χ0) is 17.8. The van der Waals surface area contributed by atoms with E-state index in [1.54, 1.807) is 19.9 Å². The highest BCUT2D eigenvalue weighted by Crippen LogP contribution is 2.39. The average molecular weight is 330 g/mol. The number of carbonyl (C=O) groups excluding carboxylic acids is 2. The van der Waals surface area contributed by atoms with E-state index in [2.05, 4.69) is 4.74 Å². The molecule has 128 valence electrons. The predicted octanol–water partition coefficient (Wildman–Crippen LogP) is 4.30. The first-order valence-corrected chi connectivity index (χ1v) is 7.28. The molecule has 1 aliphatic carbocycles. The molecular weight excluding hydrogens is 309 g/mol. The molecule has 0 heterocycles. The fraction of sp³-hybridized carbons (Fsp3) is 0.529. The quantitative estimate of drug-likeness (QED) is 0.570. The number of Topliss-reactive ketones (excluding diaryl/α,β-unsaturated/α-hetero) is 1. The summed E-state index contributed by atoms with van der Waals surface area (Å²) in [7, 11) is 0. The van der Waals surface area contributed by atoms with Crippen LogP contribution in [-0.4, -0.2) is 24.5 Å². The SMILES string of the molecule is CC(C=CC1=C(C)C(=O)CCC1(C)C)=CCOC(=O)C(F)(F)F. The number of carbonyl (C=O) groups is 2. The molecular formula is C17H21F3O3. The van der Waals surface area contributed by atoms with Crippen molar-refractivity contribution in [2.24, 2.45) is 5.41 Å². The van der Waals surface area contributed by atoms with Crippen LogP contribution in [-0.2, 0) is 14.3 Å². The Hall–Kier alpha value is -1.85. The molecule has 0 radical (unpaired) electrons. The number of hydrogen-bond acceptors (Lipinski definition) is 3. The molecule has 1 aliphatic rings. The van der Waals surface area contributed by atoms with Gasteiger partial charge in [0.05, 0.1) is 0 Å². The molecule has 0 spiro atoms. The second kappa shape index (κ2) is 7.15. The lowest BCUT2D eigenvalue weighted by molar-refractivity contribution is -0.198. The number of alkyl halides is 3. The van der Waals surface area contributed by atoms with E-state index in [9.17, 15) is 22.8 Å². The minimum atomic E-state index is -4.98. The third kappa shape index (κ3) is 5.37. The lowest BCUT2D eigenvalue weighted by atomic mass is 9.72. The second-order valence-electron chi connectivity index (χ2n) is 6.22. The Kier molecular flexibility index (Phi) is 5.97. The molecule has 0 atom stereocenters. The molecule has 0 saturated heterocycles. The number of hydrogen-bond donors (Lipinski definition) is 0. The van der Waals surface area contributed by atoms with Crippen LogP contribution >= 0.6 is 0 Å². The molecule has 23 heavy (non-hydrogen) atoms. The number of rotatable bonds is 4. The van der Waals surface area contributed by atoms with Crippen molar-refractivity contribution in [2.45, 2.75) is 46.7 Å². The highest BCUT2D eigenvalue weighted by atomic mass is 19.4. The average Bonchev–Trinajstić information content (AvgIpc) is 2.42. The van der Waals surface area contributed by atoms with Crippen LogP contribution in [0.25, 0.3) is 0 Å². The molecule has 0 aliphatic heterocycles. The summed E-state index contributed by atoms with van der Waals surface area (Å²) >= 11 is 0. The molecule has 0 bridgehead atoms. The summed E-state index contributed by atoms with van der Waals surface area (Å²) in [4.78, 5) is 22.4. The second-order valence-corrected chi connectivity index (χ2v) is 6.22. The molecule has 0 unspecified atom stereocenters. The zero-order valence-electron chi connectivity index (χ0n) is 13.7. The fourth-order valence-electron chi connectivity index (χ4n) is 2.37. The van der Waals surface area contributed by atoms with Gasteiger partial charge in [-0.1, -0.05) is 31.6 Å². The van der Waals surface area contributed by atoms with E-state index in [1.807, 2.05) is 19.9 Å². The monoisotopic (exact) mass is 330 g/mol. The number of ketones is 1. The van der Waals surface area contributed by atoms with Crippen molar-refractivity contribution in [3.8, 4) is 0 Å². The van der Waals surface area contributed by atoms with Crippen molar-refractivity contribution in [3.05, 3.63) is 34.9 Å². The third-order valence-corrected chi connectivity index (χ3v) is 3.89. The minimum absolute atomic E-state index is 0.115. The Morgan fingerprint density at radius 2 is 1.96 bits per heavy atom. The summed E-state index contributed by atoms with van der Waals surface area (Å²) in [5, 5.41) is 0. The van der Waals surface area contributed by atoms with Gasteiger partial charge in [-0.15, -0.1) is 0 Å². The largest absolute Gasteiger partial charge is 0.490 e. The Morgan fingerprint density at radius 3 is 2.52 bits per heavy atom. The number of ether oxygens (including phenoxy) is 1. The first-order valence-electron chi connectivity index (χ1n) is 7.28. The number of halogens is 3. The topological polar surface area (TPSA) is 43.4 Å². The maximum Gasteiger partial charge on any atom is 0.490 e. The Balaban J connectivity index is 2.76. The highest BCUT2D eigenvalue weighted by Gasteiger charge is 2.40. The smallest absolute Gasteiger partial charge is 0.455 e. The van der Waals surface area contributed by atoms with Crippen LogP contribution in [0.3, 0.4) is 0 Å². The Morgan fingerprint density at radius 1 is 1.35 bits per heavy atom. The van der Waals surface area contributed by atoms with Gasteiger partial charge in [-0.05, 0) is 42.9 Å². The van der Waals surface area contributed by atoms with Crippen LogP contribution in [0.2, 0.25) is 0 Å². The van der Waals surface area contributed by atoms with E-state index < -0.39 is 18.8 Å². The number of esters is 1. The van der Waals surface area contributed by atoms with Gasteiger partial charge in [0.25, 0.3) is 0 Å². The predicted molar refractivity (Wildman–Crippen MR) is 80.6 cm³/mol. The minimum Gasteiger partial charge on any atom is -0.455 e. The van der Waals surface area contributed by atoms with Gasteiger partial charge in [-0.25, -0.2) is 4.79 Å². The molecule has 0 aromatic rings. The van der Waals surface area contributed by atoms with Crippen molar-refractivity contribution >= 4 is 11.8 Å². The van der Waals surface area contributed by atoms with Crippen LogP contribution in [0.1, 0.15) is 40.5 Å². The van der Waals surface area contributed by atoms with Crippen molar-refractivity contribution in [3.63, 3.8) is 0 Å². The van der Waals surface area contributed by atoms with Gasteiger partial charge in [0.15, 0.2) is 5.78 Å². The van der Waals surface area contributed by atoms with Crippen LogP contribution in [0.15, 0.2) is 34.9 Å². The number of allylic oxidation sites excluding steroid dienone is 5. The standard InChI is InChI=1S/C17H21F3O3/c1-11(8-10-23-15(22)17(18,19)20)5-6-13-12(2)14(21)7-9-16(13,3)4/h5-6,8H,7,9-10H2,1-4H3.